The van der Waals surface area contributed by atoms with Gasteiger partial charge in [0, 0.05) is 30.9 Å². The molecule has 6 nitrogen and oxygen atoms in total. The summed E-state index contributed by atoms with van der Waals surface area (Å²) in [5, 5.41) is 6.63. The number of aromatic nitrogens is 1. The van der Waals surface area contributed by atoms with E-state index in [4.69, 9.17) is 9.41 Å². The number of aliphatic imine (C=N–C) groups is 1. The van der Waals surface area contributed by atoms with Crippen LogP contribution in [-0.4, -0.2) is 30.6 Å². The van der Waals surface area contributed by atoms with Gasteiger partial charge in [-0.15, -0.1) is 0 Å². The zero-order chi connectivity index (χ0) is 21.5. The van der Waals surface area contributed by atoms with Crippen molar-refractivity contribution in [1.82, 2.24) is 15.6 Å². The second-order valence-corrected chi connectivity index (χ2v) is 7.60. The topological polar surface area (TPSA) is 65.7 Å². The fraction of sp³-hybridized carbons (Fsp3) is 0.280. The fourth-order valence-corrected chi connectivity index (χ4v) is 3.40. The molecule has 2 heterocycles. The Morgan fingerprint density at radius 1 is 1.03 bits per heavy atom. The molecule has 1 aliphatic heterocycles. The first-order valence-electron chi connectivity index (χ1n) is 10.7. The second-order valence-electron chi connectivity index (χ2n) is 7.60. The van der Waals surface area contributed by atoms with Crippen molar-refractivity contribution in [2.24, 2.45) is 4.99 Å². The Hall–Kier alpha value is -3.54. The molecule has 0 radical (unpaired) electrons. The number of anilines is 1. The quantitative estimate of drug-likeness (QED) is 0.343. The number of rotatable bonds is 7. The molecule has 1 aromatic heterocycles. The highest BCUT2D eigenvalue weighted by Crippen LogP contribution is 2.19. The van der Waals surface area contributed by atoms with Crippen LogP contribution < -0.4 is 15.5 Å². The minimum Gasteiger partial charge on any atom is -0.444 e. The Kier molecular flexibility index (Phi) is 6.67. The molecule has 3 aromatic rings. The summed E-state index contributed by atoms with van der Waals surface area (Å²) in [5.74, 6) is 1.39. The minimum atomic E-state index is 0.544. The molecule has 1 aliphatic rings. The number of nitrogens with zero attached hydrogens (tertiary/aromatic N) is 3. The van der Waals surface area contributed by atoms with Gasteiger partial charge in [0.05, 0.1) is 18.8 Å². The lowest BCUT2D eigenvalue weighted by Crippen LogP contribution is -2.36. The Morgan fingerprint density at radius 2 is 1.77 bits per heavy atom. The molecule has 160 valence electrons. The molecule has 0 unspecified atom stereocenters. The molecule has 6 heteroatoms. The van der Waals surface area contributed by atoms with Crippen LogP contribution in [0.3, 0.4) is 0 Å². The van der Waals surface area contributed by atoms with Gasteiger partial charge in [-0.25, -0.2) is 9.98 Å². The first-order chi connectivity index (χ1) is 15.2. The van der Waals surface area contributed by atoms with Gasteiger partial charge in [0.2, 0.25) is 5.89 Å². The normalized spacial score (nSPS) is 13.6. The Labute approximate surface area is 183 Å². The van der Waals surface area contributed by atoms with Crippen molar-refractivity contribution in [3.05, 3.63) is 83.8 Å². The van der Waals surface area contributed by atoms with Gasteiger partial charge in [-0.05, 0) is 43.7 Å². The summed E-state index contributed by atoms with van der Waals surface area (Å²) in [4.78, 5) is 11.6. The minimum absolute atomic E-state index is 0.544. The van der Waals surface area contributed by atoms with E-state index in [1.807, 2.05) is 12.1 Å². The maximum Gasteiger partial charge on any atom is 0.226 e. The van der Waals surface area contributed by atoms with Crippen molar-refractivity contribution >= 4 is 11.6 Å². The Balaban J connectivity index is 1.34. The molecule has 2 aromatic carbocycles. The first-order valence-corrected chi connectivity index (χ1v) is 10.7. The van der Waals surface area contributed by atoms with E-state index < -0.39 is 0 Å². The molecule has 0 fully saturated rings. The molecule has 0 saturated carbocycles. The predicted octanol–water partition coefficient (Wildman–Crippen LogP) is 4.28. The third-order valence-corrected chi connectivity index (χ3v) is 5.17. The van der Waals surface area contributed by atoms with Crippen LogP contribution in [0.15, 0.2) is 76.4 Å². The number of nitrogens with one attached hydrogen (secondary N) is 2. The van der Waals surface area contributed by atoms with E-state index in [2.05, 4.69) is 82.9 Å². The maximum atomic E-state index is 5.65. The molecule has 0 amide bonds. The third-order valence-electron chi connectivity index (χ3n) is 5.17. The van der Waals surface area contributed by atoms with Crippen LogP contribution in [0.4, 0.5) is 5.69 Å². The number of aryl methyl sites for hydroxylation is 1. The molecular weight excluding hydrogens is 386 g/mol. The number of benzene rings is 2. The number of hydrogen-bond acceptors (Lipinski definition) is 4. The fourth-order valence-electron chi connectivity index (χ4n) is 3.40. The smallest absolute Gasteiger partial charge is 0.226 e. The van der Waals surface area contributed by atoms with E-state index in [1.165, 1.54) is 16.8 Å². The van der Waals surface area contributed by atoms with E-state index in [1.54, 1.807) is 6.26 Å². The van der Waals surface area contributed by atoms with Crippen LogP contribution in [-0.2, 0) is 13.1 Å². The summed E-state index contributed by atoms with van der Waals surface area (Å²) < 4.78 is 5.65. The summed E-state index contributed by atoms with van der Waals surface area (Å²) in [5.41, 5.74) is 5.45. The predicted molar refractivity (Wildman–Crippen MR) is 126 cm³/mol. The van der Waals surface area contributed by atoms with Gasteiger partial charge in [-0.2, -0.15) is 0 Å². The highest BCUT2D eigenvalue weighted by molar-refractivity contribution is 5.79. The van der Waals surface area contributed by atoms with Gasteiger partial charge < -0.3 is 20.0 Å². The molecule has 2 N–H and O–H groups in total. The standard InChI is InChI=1S/C25H29N5O/c1-3-26-25(27-16-20-8-12-23(13-9-20)30-14-4-5-15-30)28-17-22-18-31-24(29-22)21-10-6-19(2)7-11-21/h4-13,18H,3,14-17H2,1-2H3,(H2,26,27,28). The third kappa shape index (κ3) is 5.54. The second kappa shape index (κ2) is 9.98. The number of oxazole rings is 1. The van der Waals surface area contributed by atoms with Crippen molar-refractivity contribution in [3.8, 4) is 11.5 Å². The largest absolute Gasteiger partial charge is 0.444 e. The maximum absolute atomic E-state index is 5.65. The van der Waals surface area contributed by atoms with Crippen LogP contribution in [0.2, 0.25) is 0 Å². The molecule has 0 atom stereocenters. The van der Waals surface area contributed by atoms with E-state index in [-0.39, 0.29) is 0 Å². The lowest BCUT2D eigenvalue weighted by Gasteiger charge is -2.17. The average molecular weight is 416 g/mol. The van der Waals surface area contributed by atoms with Gasteiger partial charge in [0.1, 0.15) is 6.26 Å². The monoisotopic (exact) mass is 415 g/mol. The summed E-state index contributed by atoms with van der Waals surface area (Å²) in [6.07, 6.45) is 6.09. The van der Waals surface area contributed by atoms with Crippen molar-refractivity contribution < 1.29 is 4.42 Å². The van der Waals surface area contributed by atoms with E-state index in [0.29, 0.717) is 19.0 Å². The summed E-state index contributed by atoms with van der Waals surface area (Å²) >= 11 is 0. The van der Waals surface area contributed by atoms with Gasteiger partial charge in [0.15, 0.2) is 5.96 Å². The van der Waals surface area contributed by atoms with Crippen molar-refractivity contribution in [1.29, 1.82) is 0 Å². The number of guanidine groups is 1. The lowest BCUT2D eigenvalue weighted by molar-refractivity contribution is 0.572. The first kappa shape index (κ1) is 20.7. The Morgan fingerprint density at radius 3 is 2.48 bits per heavy atom. The van der Waals surface area contributed by atoms with Gasteiger partial charge in [-0.1, -0.05) is 42.0 Å². The van der Waals surface area contributed by atoms with Crippen LogP contribution in [0.5, 0.6) is 0 Å². The average Bonchev–Trinajstić information content (AvgIpc) is 3.49. The zero-order valence-electron chi connectivity index (χ0n) is 18.1. The molecule has 0 bridgehead atoms. The van der Waals surface area contributed by atoms with Crippen LogP contribution in [0.25, 0.3) is 11.5 Å². The molecule has 0 saturated heterocycles. The van der Waals surface area contributed by atoms with Crippen molar-refractivity contribution in [2.75, 3.05) is 24.5 Å². The van der Waals surface area contributed by atoms with Gasteiger partial charge >= 0.3 is 0 Å². The highest BCUT2D eigenvalue weighted by Gasteiger charge is 2.08. The van der Waals surface area contributed by atoms with Crippen LogP contribution in [0, 0.1) is 6.92 Å². The van der Waals surface area contributed by atoms with Crippen molar-refractivity contribution in [2.45, 2.75) is 26.9 Å². The highest BCUT2D eigenvalue weighted by atomic mass is 16.3. The van der Waals surface area contributed by atoms with E-state index in [9.17, 15) is 0 Å². The van der Waals surface area contributed by atoms with E-state index in [0.717, 1.165) is 36.9 Å². The van der Waals surface area contributed by atoms with Crippen LogP contribution >= 0.6 is 0 Å². The van der Waals surface area contributed by atoms with Gasteiger partial charge in [0.25, 0.3) is 0 Å². The lowest BCUT2D eigenvalue weighted by atomic mass is 10.1. The summed E-state index contributed by atoms with van der Waals surface area (Å²) in [6, 6.07) is 16.8. The Bertz CT molecular complexity index is 1030. The van der Waals surface area contributed by atoms with Gasteiger partial charge in [-0.3, -0.25) is 0 Å². The molecule has 31 heavy (non-hydrogen) atoms. The SMILES string of the molecule is CCNC(=NCc1ccc(N2CC=CC2)cc1)NCc1coc(-c2ccc(C)cc2)n1. The number of hydrogen-bond donors (Lipinski definition) is 2. The molecule has 0 spiro atoms. The van der Waals surface area contributed by atoms with Crippen molar-refractivity contribution in [3.63, 3.8) is 0 Å². The summed E-state index contributed by atoms with van der Waals surface area (Å²) in [7, 11) is 0. The molecule has 0 aliphatic carbocycles. The zero-order valence-corrected chi connectivity index (χ0v) is 18.1. The molecule has 4 rings (SSSR count). The van der Waals surface area contributed by atoms with Crippen LogP contribution in [0.1, 0.15) is 23.7 Å². The van der Waals surface area contributed by atoms with E-state index >= 15 is 0 Å². The summed E-state index contributed by atoms with van der Waals surface area (Å²) in [6.45, 7) is 8.04. The molecular formula is C25H29N5O.